The van der Waals surface area contributed by atoms with Crippen LogP contribution in [0.2, 0.25) is 0 Å². The zero-order valence-electron chi connectivity index (χ0n) is 6.07. The van der Waals surface area contributed by atoms with E-state index >= 15 is 0 Å². The van der Waals surface area contributed by atoms with Crippen LogP contribution in [0.5, 0.6) is 0 Å². The zero-order chi connectivity index (χ0) is 7.84. The van der Waals surface area contributed by atoms with E-state index in [9.17, 15) is 4.79 Å². The van der Waals surface area contributed by atoms with Crippen molar-refractivity contribution in [2.24, 2.45) is 0 Å². The molecule has 1 aliphatic heterocycles. The zero-order valence-corrected chi connectivity index (χ0v) is 6.07. The van der Waals surface area contributed by atoms with Crippen molar-refractivity contribution in [2.45, 2.75) is 13.0 Å². The van der Waals surface area contributed by atoms with Gasteiger partial charge in [-0.25, -0.2) is 4.79 Å². The Hall–Kier alpha value is -1.38. The topological polar surface area (TPSA) is 39.2 Å². The number of hydrogen-bond donors (Lipinski definition) is 0. The molecule has 1 atom stereocenters. The summed E-state index contributed by atoms with van der Waals surface area (Å²) in [6, 6.07) is 1.81. The minimum atomic E-state index is -0.263. The molecule has 0 saturated carbocycles. The van der Waals surface area contributed by atoms with E-state index in [2.05, 4.69) is 4.98 Å². The van der Waals surface area contributed by atoms with E-state index < -0.39 is 0 Å². The Balaban J connectivity index is 2.60. The molecule has 0 bridgehead atoms. The molecule has 1 aliphatic rings. The summed E-state index contributed by atoms with van der Waals surface area (Å²) >= 11 is 0. The molecular weight excluding hydrogens is 142 g/mol. The molecule has 0 radical (unpaired) electrons. The molecule has 56 valence electrons. The van der Waals surface area contributed by atoms with E-state index in [4.69, 9.17) is 4.74 Å². The highest BCUT2D eigenvalue weighted by atomic mass is 16.5. The second kappa shape index (κ2) is 2.05. The first-order chi connectivity index (χ1) is 5.29. The Labute approximate surface area is 64.0 Å². The smallest absolute Gasteiger partial charge is 0.340 e. The van der Waals surface area contributed by atoms with Crippen LogP contribution in [0.15, 0.2) is 18.5 Å². The number of rotatable bonds is 0. The molecule has 11 heavy (non-hydrogen) atoms. The van der Waals surface area contributed by atoms with Gasteiger partial charge in [-0.3, -0.25) is 4.98 Å². The quantitative estimate of drug-likeness (QED) is 0.522. The van der Waals surface area contributed by atoms with Gasteiger partial charge in [0.25, 0.3) is 0 Å². The van der Waals surface area contributed by atoms with Crippen molar-refractivity contribution < 1.29 is 9.53 Å². The number of pyridine rings is 1. The maximum absolute atomic E-state index is 11.0. The summed E-state index contributed by atoms with van der Waals surface area (Å²) in [5.41, 5.74) is 1.53. The maximum Gasteiger partial charge on any atom is 0.340 e. The number of aromatic nitrogens is 1. The van der Waals surface area contributed by atoms with Crippen molar-refractivity contribution in [3.63, 3.8) is 0 Å². The number of ether oxygens (including phenoxy) is 1. The molecule has 0 saturated heterocycles. The van der Waals surface area contributed by atoms with Gasteiger partial charge >= 0.3 is 5.97 Å². The highest BCUT2D eigenvalue weighted by Gasteiger charge is 2.26. The predicted octanol–water partition coefficient (Wildman–Crippen LogP) is 1.31. The van der Waals surface area contributed by atoms with Gasteiger partial charge in [-0.15, -0.1) is 0 Å². The summed E-state index contributed by atoms with van der Waals surface area (Å²) in [5, 5.41) is 0. The van der Waals surface area contributed by atoms with Crippen molar-refractivity contribution in [1.29, 1.82) is 0 Å². The largest absolute Gasteiger partial charge is 0.454 e. The number of fused-ring (bicyclic) bond motifs is 1. The Morgan fingerprint density at radius 1 is 1.64 bits per heavy atom. The average molecular weight is 149 g/mol. The van der Waals surface area contributed by atoms with Gasteiger partial charge in [-0.2, -0.15) is 0 Å². The van der Waals surface area contributed by atoms with E-state index in [0.29, 0.717) is 5.56 Å². The second-order valence-corrected chi connectivity index (χ2v) is 2.51. The number of nitrogens with zero attached hydrogens (tertiary/aromatic N) is 1. The molecule has 2 heterocycles. The lowest BCUT2D eigenvalue weighted by Crippen LogP contribution is -1.94. The van der Waals surface area contributed by atoms with Gasteiger partial charge in [0.2, 0.25) is 0 Å². The monoisotopic (exact) mass is 149 g/mol. The van der Waals surface area contributed by atoms with E-state index in [1.807, 2.05) is 13.0 Å². The standard InChI is InChI=1S/C8H7NO2/c1-5-6-2-3-9-4-7(6)8(10)11-5/h2-5H,1H3. The van der Waals surface area contributed by atoms with E-state index in [1.54, 1.807) is 12.4 Å². The van der Waals surface area contributed by atoms with Crippen LogP contribution >= 0.6 is 0 Å². The SMILES string of the molecule is CC1OC(=O)c2cnccc21. The Kier molecular flexibility index (Phi) is 1.18. The van der Waals surface area contributed by atoms with Crippen molar-refractivity contribution >= 4 is 5.97 Å². The lowest BCUT2D eigenvalue weighted by Gasteiger charge is -1.99. The Morgan fingerprint density at radius 3 is 3.18 bits per heavy atom. The fraction of sp³-hybridized carbons (Fsp3) is 0.250. The molecule has 3 nitrogen and oxygen atoms in total. The molecule has 1 unspecified atom stereocenters. The predicted molar refractivity (Wildman–Crippen MR) is 38.1 cm³/mol. The molecule has 0 spiro atoms. The molecule has 1 aromatic rings. The summed E-state index contributed by atoms with van der Waals surface area (Å²) < 4.78 is 4.95. The number of carbonyl (C=O) groups excluding carboxylic acids is 1. The van der Waals surface area contributed by atoms with Crippen molar-refractivity contribution in [1.82, 2.24) is 4.98 Å². The number of hydrogen-bond acceptors (Lipinski definition) is 3. The Morgan fingerprint density at radius 2 is 2.45 bits per heavy atom. The first-order valence-electron chi connectivity index (χ1n) is 3.44. The van der Waals surface area contributed by atoms with Gasteiger partial charge in [-0.1, -0.05) is 0 Å². The summed E-state index contributed by atoms with van der Waals surface area (Å²) in [7, 11) is 0. The van der Waals surface area contributed by atoms with E-state index in [1.165, 1.54) is 0 Å². The minimum Gasteiger partial charge on any atom is -0.454 e. The van der Waals surface area contributed by atoms with Crippen molar-refractivity contribution in [2.75, 3.05) is 0 Å². The summed E-state index contributed by atoms with van der Waals surface area (Å²) in [6.07, 6.45) is 3.10. The molecular formula is C8H7NO2. The van der Waals surface area contributed by atoms with Gasteiger partial charge in [0.05, 0.1) is 5.56 Å². The van der Waals surface area contributed by atoms with Crippen LogP contribution in [0.1, 0.15) is 28.9 Å². The van der Waals surface area contributed by atoms with E-state index in [0.717, 1.165) is 5.56 Å². The first kappa shape index (κ1) is 6.34. The lowest BCUT2D eigenvalue weighted by molar-refractivity contribution is 0.0422. The molecule has 0 fully saturated rings. The number of carbonyl (C=O) groups is 1. The van der Waals surface area contributed by atoms with Crippen molar-refractivity contribution in [3.05, 3.63) is 29.6 Å². The lowest BCUT2D eigenvalue weighted by atomic mass is 10.1. The number of cyclic esters (lactones) is 1. The second-order valence-electron chi connectivity index (χ2n) is 2.51. The average Bonchev–Trinajstić information content (AvgIpc) is 2.30. The molecule has 0 N–H and O–H groups in total. The molecule has 0 aromatic carbocycles. The van der Waals surface area contributed by atoms with Crippen LogP contribution in [0, 0.1) is 0 Å². The molecule has 0 aliphatic carbocycles. The minimum absolute atomic E-state index is 0.111. The Bertz CT molecular complexity index is 309. The summed E-state index contributed by atoms with van der Waals surface area (Å²) in [5.74, 6) is -0.263. The summed E-state index contributed by atoms with van der Waals surface area (Å²) in [6.45, 7) is 1.85. The van der Waals surface area contributed by atoms with Gasteiger partial charge in [0.1, 0.15) is 6.10 Å². The fourth-order valence-electron chi connectivity index (χ4n) is 1.22. The van der Waals surface area contributed by atoms with Crippen LogP contribution in [0.25, 0.3) is 0 Å². The van der Waals surface area contributed by atoms with Gasteiger partial charge < -0.3 is 4.74 Å². The normalized spacial score (nSPS) is 21.2. The van der Waals surface area contributed by atoms with Crippen LogP contribution in [-0.4, -0.2) is 11.0 Å². The van der Waals surface area contributed by atoms with Crippen LogP contribution < -0.4 is 0 Å². The summed E-state index contributed by atoms with van der Waals surface area (Å²) in [4.78, 5) is 14.9. The van der Waals surface area contributed by atoms with Crippen LogP contribution in [0.3, 0.4) is 0 Å². The van der Waals surface area contributed by atoms with Crippen LogP contribution in [-0.2, 0) is 4.74 Å². The third-order valence-electron chi connectivity index (χ3n) is 1.80. The highest BCUT2D eigenvalue weighted by Crippen LogP contribution is 2.28. The molecule has 2 rings (SSSR count). The first-order valence-corrected chi connectivity index (χ1v) is 3.44. The molecule has 1 aromatic heterocycles. The number of esters is 1. The maximum atomic E-state index is 11.0. The molecule has 0 amide bonds. The van der Waals surface area contributed by atoms with Gasteiger partial charge in [-0.05, 0) is 13.0 Å². The van der Waals surface area contributed by atoms with Crippen LogP contribution in [0.4, 0.5) is 0 Å². The fourth-order valence-corrected chi connectivity index (χ4v) is 1.22. The third-order valence-corrected chi connectivity index (χ3v) is 1.80. The van der Waals surface area contributed by atoms with Gasteiger partial charge in [0, 0.05) is 18.0 Å². The molecule has 3 heteroatoms. The third kappa shape index (κ3) is 0.808. The highest BCUT2D eigenvalue weighted by molar-refractivity contribution is 5.93. The van der Waals surface area contributed by atoms with Crippen molar-refractivity contribution in [3.8, 4) is 0 Å². The van der Waals surface area contributed by atoms with E-state index in [-0.39, 0.29) is 12.1 Å². The van der Waals surface area contributed by atoms with Gasteiger partial charge in [0.15, 0.2) is 0 Å².